The minimum atomic E-state index is -1.01. The summed E-state index contributed by atoms with van der Waals surface area (Å²) < 4.78 is 2.38. The average molecular weight is 574 g/mol. The predicted molar refractivity (Wildman–Crippen MR) is 151 cm³/mol. The first kappa shape index (κ1) is 29.2. The van der Waals surface area contributed by atoms with Crippen molar-refractivity contribution >= 4 is 17.8 Å². The lowest BCUT2D eigenvalue weighted by atomic mass is 9.77. The molecule has 226 valence electrons. The van der Waals surface area contributed by atoms with Crippen molar-refractivity contribution < 1.29 is 19.8 Å². The molecule has 1 aromatic rings. The molecule has 6 N–H and O–H groups in total. The van der Waals surface area contributed by atoms with Gasteiger partial charge >= 0.3 is 11.7 Å². The second-order valence-electron chi connectivity index (χ2n) is 12.7. The number of piperidine rings is 1. The quantitative estimate of drug-likeness (QED) is 0.227. The van der Waals surface area contributed by atoms with E-state index in [-0.39, 0.29) is 41.9 Å². The number of rotatable bonds is 8. The molecule has 1 unspecified atom stereocenters. The van der Waals surface area contributed by atoms with E-state index in [0.29, 0.717) is 45.1 Å². The minimum absolute atomic E-state index is 0.0222. The summed E-state index contributed by atoms with van der Waals surface area (Å²) in [5, 5.41) is 32.7. The molecule has 4 aliphatic rings. The molecule has 2 saturated carbocycles. The van der Waals surface area contributed by atoms with Gasteiger partial charge in [0.25, 0.3) is 5.56 Å². The molecule has 1 aromatic heterocycles. The summed E-state index contributed by atoms with van der Waals surface area (Å²) >= 11 is 0. The molecule has 4 fully saturated rings. The van der Waals surface area contributed by atoms with Gasteiger partial charge in [-0.05, 0) is 76.5 Å². The van der Waals surface area contributed by atoms with Crippen LogP contribution >= 0.6 is 0 Å². The molecule has 3 heterocycles. The number of aliphatic hydroxyl groups excluding tert-OH is 1. The number of nitrogens with two attached hydrogens (primary N) is 1. The second kappa shape index (κ2) is 11.1. The summed E-state index contributed by atoms with van der Waals surface area (Å²) in [5.74, 6) is -0.750. The fraction of sp³-hybridized carbons (Fsp3) is 0.750. The van der Waals surface area contributed by atoms with Crippen LogP contribution in [0, 0.1) is 17.2 Å². The molecule has 41 heavy (non-hydrogen) atoms. The predicted octanol–water partition coefficient (Wildman–Crippen LogP) is 1.03. The summed E-state index contributed by atoms with van der Waals surface area (Å²) in [6, 6.07) is -0.836. The molecule has 3 amide bonds. The van der Waals surface area contributed by atoms with Crippen molar-refractivity contribution in [2.24, 2.45) is 17.6 Å². The largest absolute Gasteiger partial charge is 0.494 e. The van der Waals surface area contributed by atoms with E-state index in [1.165, 1.54) is 14.0 Å². The van der Waals surface area contributed by atoms with Gasteiger partial charge in [-0.3, -0.25) is 29.0 Å². The number of nitrogen functional groups attached to an aromatic ring is 1. The van der Waals surface area contributed by atoms with E-state index in [1.54, 1.807) is 11.9 Å². The van der Waals surface area contributed by atoms with E-state index in [9.17, 15) is 29.4 Å². The van der Waals surface area contributed by atoms with Gasteiger partial charge in [0, 0.05) is 38.6 Å². The Morgan fingerprint density at radius 3 is 2.29 bits per heavy atom. The normalized spacial score (nSPS) is 30.8. The molecule has 0 radical (unpaired) electrons. The van der Waals surface area contributed by atoms with Gasteiger partial charge in [-0.2, -0.15) is 0 Å². The highest BCUT2D eigenvalue weighted by molar-refractivity contribution is 5.96. The summed E-state index contributed by atoms with van der Waals surface area (Å²) in [5.41, 5.74) is 3.17. The first-order valence-electron chi connectivity index (χ1n) is 14.9. The van der Waals surface area contributed by atoms with Gasteiger partial charge in [-0.1, -0.05) is 6.42 Å². The van der Waals surface area contributed by atoms with E-state index in [4.69, 9.17) is 11.1 Å². The molecule has 5 rings (SSSR count). The second-order valence-corrected chi connectivity index (χ2v) is 12.7. The third-order valence-corrected chi connectivity index (χ3v) is 9.96. The number of aromatic nitrogens is 2. The van der Waals surface area contributed by atoms with Crippen LogP contribution in [0.4, 0.5) is 4.79 Å². The van der Waals surface area contributed by atoms with Crippen LogP contribution in [0.15, 0.2) is 9.59 Å². The summed E-state index contributed by atoms with van der Waals surface area (Å²) in [6.45, 7) is 2.50. The third-order valence-electron chi connectivity index (χ3n) is 9.96. The summed E-state index contributed by atoms with van der Waals surface area (Å²) in [7, 11) is 1.58. The van der Waals surface area contributed by atoms with Gasteiger partial charge in [-0.15, -0.1) is 0 Å². The first-order valence-corrected chi connectivity index (χ1v) is 14.9. The average Bonchev–Trinajstić information content (AvgIpc) is 3.04. The molecule has 13 heteroatoms. The zero-order chi connectivity index (χ0) is 29.6. The Labute approximate surface area is 238 Å². The minimum Gasteiger partial charge on any atom is -0.494 e. The molecular formula is C28H43N7O6. The van der Waals surface area contributed by atoms with Crippen molar-refractivity contribution in [3.63, 3.8) is 0 Å². The molecule has 3 atom stereocenters. The number of carbonyl (C=O) groups excluding carboxylic acids is 2. The maximum atomic E-state index is 13.5. The summed E-state index contributed by atoms with van der Waals surface area (Å²) in [4.78, 5) is 54.9. The number of amides is 3. The Morgan fingerprint density at radius 2 is 1.71 bits per heavy atom. The van der Waals surface area contributed by atoms with Crippen LogP contribution in [0.2, 0.25) is 0 Å². The fourth-order valence-corrected chi connectivity index (χ4v) is 7.32. The maximum Gasteiger partial charge on any atom is 0.334 e. The zero-order valence-corrected chi connectivity index (χ0v) is 24.0. The van der Waals surface area contributed by atoms with Crippen molar-refractivity contribution in [2.45, 2.75) is 108 Å². The van der Waals surface area contributed by atoms with Crippen molar-refractivity contribution in [3.05, 3.63) is 26.4 Å². The lowest BCUT2D eigenvalue weighted by Gasteiger charge is -2.42. The highest BCUT2D eigenvalue weighted by atomic mass is 16.3. The number of amidine groups is 1. The molecular weight excluding hydrogens is 530 g/mol. The lowest BCUT2D eigenvalue weighted by molar-refractivity contribution is -0.123. The topological polar surface area (TPSA) is 187 Å². The Morgan fingerprint density at radius 1 is 1.02 bits per heavy atom. The van der Waals surface area contributed by atoms with Crippen LogP contribution in [-0.2, 0) is 11.3 Å². The highest BCUT2D eigenvalue weighted by Crippen LogP contribution is 2.42. The van der Waals surface area contributed by atoms with E-state index in [1.807, 2.05) is 6.92 Å². The van der Waals surface area contributed by atoms with Crippen LogP contribution in [0.1, 0.15) is 89.2 Å². The van der Waals surface area contributed by atoms with Gasteiger partial charge in [0.1, 0.15) is 11.4 Å². The van der Waals surface area contributed by atoms with E-state index in [2.05, 4.69) is 5.32 Å². The number of urea groups is 1. The van der Waals surface area contributed by atoms with Crippen LogP contribution in [0.5, 0.6) is 5.88 Å². The van der Waals surface area contributed by atoms with Crippen molar-refractivity contribution in [3.8, 4) is 5.88 Å². The Balaban J connectivity index is 1.33. The number of carbonyl (C=O) groups is 2. The third kappa shape index (κ3) is 5.24. The zero-order valence-electron chi connectivity index (χ0n) is 24.0. The monoisotopic (exact) mass is 573 g/mol. The lowest BCUT2D eigenvalue weighted by Crippen LogP contribution is -2.55. The van der Waals surface area contributed by atoms with Crippen LogP contribution in [0.3, 0.4) is 0 Å². The van der Waals surface area contributed by atoms with Gasteiger partial charge in [0.05, 0.1) is 5.54 Å². The Bertz CT molecular complexity index is 1330. The number of hydrogen-bond donors (Lipinski definition) is 5. The van der Waals surface area contributed by atoms with Crippen molar-refractivity contribution in [2.75, 3.05) is 13.6 Å². The molecule has 2 aliphatic heterocycles. The van der Waals surface area contributed by atoms with Gasteiger partial charge in [0.2, 0.25) is 11.8 Å². The first-order chi connectivity index (χ1) is 19.4. The van der Waals surface area contributed by atoms with Crippen LogP contribution in [0.25, 0.3) is 0 Å². The van der Waals surface area contributed by atoms with Crippen molar-refractivity contribution in [1.82, 2.24) is 24.3 Å². The van der Waals surface area contributed by atoms with E-state index in [0.717, 1.165) is 32.1 Å². The number of aromatic hydroxyl groups is 1. The van der Waals surface area contributed by atoms with Crippen LogP contribution in [-0.4, -0.2) is 78.3 Å². The number of nitrogens with one attached hydrogen (secondary N) is 2. The smallest absolute Gasteiger partial charge is 0.334 e. The Kier molecular flexibility index (Phi) is 7.92. The molecule has 2 saturated heterocycles. The van der Waals surface area contributed by atoms with Gasteiger partial charge in [0.15, 0.2) is 6.23 Å². The molecule has 13 nitrogen and oxygen atoms in total. The highest BCUT2D eigenvalue weighted by Gasteiger charge is 2.53. The molecule has 0 bridgehead atoms. The number of hydrogen-bond acceptors (Lipinski definition) is 7. The van der Waals surface area contributed by atoms with Gasteiger partial charge in [-0.25, -0.2) is 9.59 Å². The standard InChI is InChI=1S/C28H43N7O6/c1-28(25(39)32(2)26(40)34(28)15-18-7-4-8-20(36)31-18)13-16-9-11-19(12-10-16)35-24(38)21(22(29)30)23(37)33(27(35)41)14-17-5-3-6-17/h16-19,25,37,39H,3-15H2,1-2H3,(H3,29,30)(H,31,36)/t16?,18-,19?,25?,28+/m1/s1. The van der Waals surface area contributed by atoms with E-state index < -0.39 is 40.8 Å². The molecule has 0 aromatic carbocycles. The van der Waals surface area contributed by atoms with E-state index >= 15 is 0 Å². The maximum absolute atomic E-state index is 13.5. The van der Waals surface area contributed by atoms with Gasteiger partial charge < -0.3 is 26.2 Å². The van der Waals surface area contributed by atoms with Crippen molar-refractivity contribution in [1.29, 1.82) is 5.41 Å². The Hall–Kier alpha value is -3.35. The fourth-order valence-electron chi connectivity index (χ4n) is 7.32. The molecule has 2 aliphatic carbocycles. The number of likely N-dealkylation sites (N-methyl/N-ethyl adjacent to an activating group) is 1. The summed E-state index contributed by atoms with van der Waals surface area (Å²) in [6.07, 6.45) is 6.89. The van der Waals surface area contributed by atoms with Crippen LogP contribution < -0.4 is 22.3 Å². The number of nitrogens with zero attached hydrogens (tertiary/aromatic N) is 4. The molecule has 0 spiro atoms. The SMILES string of the molecule is CN1C(=O)N(C[C@H]2CCCC(=O)N2)[C@@](C)(CC2CCC(n3c(=O)c(C(=N)N)c(O)n(CC4CCC4)c3=O)CC2)C1O. The number of aliphatic hydroxyl groups is 1.